The van der Waals surface area contributed by atoms with Crippen LogP contribution in [0.15, 0.2) is 42.5 Å². The molecule has 1 unspecified atom stereocenters. The molecule has 0 radical (unpaired) electrons. The summed E-state index contributed by atoms with van der Waals surface area (Å²) in [4.78, 5) is 31.1. The Balaban J connectivity index is 1.81. The third-order valence-corrected chi connectivity index (χ3v) is 4.22. The number of carbonyl (C=O) groups excluding carboxylic acids is 2. The number of para-hydroxylation sites is 1. The predicted molar refractivity (Wildman–Crippen MR) is 94.9 cm³/mol. The first-order chi connectivity index (χ1) is 12.1. The molecule has 3 rings (SSSR count). The summed E-state index contributed by atoms with van der Waals surface area (Å²) in [6.45, 7) is 2.83. The van der Waals surface area contributed by atoms with Gasteiger partial charge in [0.2, 0.25) is 0 Å². The lowest BCUT2D eigenvalue weighted by atomic mass is 10.1. The average Bonchev–Trinajstić information content (AvgIpc) is 2.97. The number of hydrogen-bond acceptors (Lipinski definition) is 4. The second kappa shape index (κ2) is 7.44. The molecule has 2 amide bonds. The minimum Gasteiger partial charge on any atom is -0.383 e. The van der Waals surface area contributed by atoms with Gasteiger partial charge >= 0.3 is 0 Å². The third-order valence-electron chi connectivity index (χ3n) is 4.22. The highest BCUT2D eigenvalue weighted by atomic mass is 16.5. The number of pyridine rings is 1. The van der Waals surface area contributed by atoms with E-state index >= 15 is 0 Å². The zero-order chi connectivity index (χ0) is 17.8. The van der Waals surface area contributed by atoms with E-state index in [1.165, 1.54) is 0 Å². The van der Waals surface area contributed by atoms with Gasteiger partial charge in [0.1, 0.15) is 11.4 Å². The summed E-state index contributed by atoms with van der Waals surface area (Å²) in [7, 11) is 1.57. The van der Waals surface area contributed by atoms with Crippen molar-refractivity contribution in [2.24, 2.45) is 0 Å². The average molecular weight is 339 g/mol. The number of carbonyl (C=O) groups is 2. The molecule has 0 aliphatic carbocycles. The first-order valence-electron chi connectivity index (χ1n) is 8.27. The van der Waals surface area contributed by atoms with Gasteiger partial charge in [0.05, 0.1) is 6.61 Å². The number of ether oxygens (including phenoxy) is 1. The van der Waals surface area contributed by atoms with Crippen molar-refractivity contribution < 1.29 is 14.3 Å². The number of fused-ring (bicyclic) bond motifs is 1. The van der Waals surface area contributed by atoms with E-state index in [-0.39, 0.29) is 29.2 Å². The van der Waals surface area contributed by atoms with Gasteiger partial charge in [-0.1, -0.05) is 24.3 Å². The maximum atomic E-state index is 13.0. The zero-order valence-corrected chi connectivity index (χ0v) is 14.4. The summed E-state index contributed by atoms with van der Waals surface area (Å²) in [5.74, 6) is -0.509. The predicted octanol–water partition coefficient (Wildman–Crippen LogP) is 2.05. The monoisotopic (exact) mass is 339 g/mol. The van der Waals surface area contributed by atoms with Crippen LogP contribution >= 0.6 is 0 Å². The number of nitrogens with zero attached hydrogens (tertiary/aromatic N) is 2. The van der Waals surface area contributed by atoms with Gasteiger partial charge in [0, 0.05) is 25.4 Å². The Bertz CT molecular complexity index is 791. The topological polar surface area (TPSA) is 71.5 Å². The molecule has 2 heterocycles. The van der Waals surface area contributed by atoms with Gasteiger partial charge in [0.15, 0.2) is 0 Å². The van der Waals surface area contributed by atoms with Crippen LogP contribution in [0.5, 0.6) is 0 Å². The minimum atomic E-state index is -0.318. The van der Waals surface area contributed by atoms with E-state index in [9.17, 15) is 9.59 Å². The van der Waals surface area contributed by atoms with Crippen molar-refractivity contribution in [3.8, 4) is 0 Å². The second-order valence-electron chi connectivity index (χ2n) is 6.01. The van der Waals surface area contributed by atoms with Crippen LogP contribution in [0, 0.1) is 0 Å². The fourth-order valence-electron chi connectivity index (χ4n) is 3.04. The Kier molecular flexibility index (Phi) is 5.09. The van der Waals surface area contributed by atoms with Crippen molar-refractivity contribution in [2.45, 2.75) is 19.4 Å². The van der Waals surface area contributed by atoms with Gasteiger partial charge in [-0.05, 0) is 37.1 Å². The van der Waals surface area contributed by atoms with E-state index in [4.69, 9.17) is 4.74 Å². The highest BCUT2D eigenvalue weighted by Crippen LogP contribution is 2.32. The highest BCUT2D eigenvalue weighted by molar-refractivity contribution is 6.07. The van der Waals surface area contributed by atoms with Crippen molar-refractivity contribution in [1.82, 2.24) is 10.3 Å². The molecule has 1 N–H and O–H groups in total. The molecule has 6 nitrogen and oxygen atoms in total. The Morgan fingerprint density at radius 1 is 1.20 bits per heavy atom. The zero-order valence-electron chi connectivity index (χ0n) is 14.4. The van der Waals surface area contributed by atoms with Crippen LogP contribution in [-0.2, 0) is 11.2 Å². The van der Waals surface area contributed by atoms with Gasteiger partial charge in [-0.25, -0.2) is 4.98 Å². The molecule has 0 spiro atoms. The molecule has 1 aromatic heterocycles. The second-order valence-corrected chi connectivity index (χ2v) is 6.01. The summed E-state index contributed by atoms with van der Waals surface area (Å²) >= 11 is 0. The van der Waals surface area contributed by atoms with Gasteiger partial charge in [0.25, 0.3) is 11.8 Å². The van der Waals surface area contributed by atoms with Crippen LogP contribution in [0.4, 0.5) is 5.69 Å². The van der Waals surface area contributed by atoms with E-state index < -0.39 is 0 Å². The third kappa shape index (κ3) is 3.53. The number of hydrogen-bond donors (Lipinski definition) is 1. The Hall–Kier alpha value is -2.73. The summed E-state index contributed by atoms with van der Waals surface area (Å²) < 4.78 is 4.91. The van der Waals surface area contributed by atoms with Gasteiger partial charge in [-0.15, -0.1) is 0 Å². The van der Waals surface area contributed by atoms with E-state index in [1.807, 2.05) is 31.2 Å². The lowest BCUT2D eigenvalue weighted by molar-refractivity contribution is 0.0931. The van der Waals surface area contributed by atoms with E-state index in [1.54, 1.807) is 30.2 Å². The Morgan fingerprint density at radius 3 is 2.76 bits per heavy atom. The summed E-state index contributed by atoms with van der Waals surface area (Å²) in [6.07, 6.45) is 0.819. The van der Waals surface area contributed by atoms with Gasteiger partial charge in [-0.2, -0.15) is 0 Å². The number of benzene rings is 1. The highest BCUT2D eigenvalue weighted by Gasteiger charge is 2.32. The van der Waals surface area contributed by atoms with Gasteiger partial charge in [-0.3, -0.25) is 9.59 Å². The van der Waals surface area contributed by atoms with Crippen molar-refractivity contribution in [3.63, 3.8) is 0 Å². The fraction of sp³-hybridized carbons (Fsp3) is 0.316. The molecular formula is C19H21N3O3. The molecular weight excluding hydrogens is 318 g/mol. The number of methoxy groups -OCH3 is 1. The maximum Gasteiger partial charge on any atom is 0.277 e. The number of aromatic nitrogens is 1. The fourth-order valence-corrected chi connectivity index (χ4v) is 3.04. The van der Waals surface area contributed by atoms with Crippen LogP contribution in [-0.4, -0.2) is 43.1 Å². The van der Waals surface area contributed by atoms with Crippen molar-refractivity contribution >= 4 is 17.5 Å². The normalized spacial score (nSPS) is 15.8. The van der Waals surface area contributed by atoms with Crippen molar-refractivity contribution in [2.75, 3.05) is 25.2 Å². The SMILES string of the molecule is COCCNC(=O)c1cccc(C(=O)N2c3ccccc3CC2C)n1. The molecule has 130 valence electrons. The van der Waals surface area contributed by atoms with E-state index in [0.717, 1.165) is 17.7 Å². The van der Waals surface area contributed by atoms with Crippen LogP contribution in [0.2, 0.25) is 0 Å². The number of nitrogens with one attached hydrogen (secondary N) is 1. The summed E-state index contributed by atoms with van der Waals surface area (Å²) in [6, 6.07) is 12.9. The number of anilines is 1. The lowest BCUT2D eigenvalue weighted by Crippen LogP contribution is -2.36. The minimum absolute atomic E-state index is 0.0610. The molecule has 25 heavy (non-hydrogen) atoms. The molecule has 1 aromatic carbocycles. The molecule has 0 saturated heterocycles. The summed E-state index contributed by atoms with van der Waals surface area (Å²) in [5, 5.41) is 2.71. The maximum absolute atomic E-state index is 13.0. The molecule has 1 aliphatic heterocycles. The first-order valence-corrected chi connectivity index (χ1v) is 8.27. The van der Waals surface area contributed by atoms with Crippen LogP contribution in [0.25, 0.3) is 0 Å². The molecule has 2 aromatic rings. The lowest BCUT2D eigenvalue weighted by Gasteiger charge is -2.22. The number of amides is 2. The Morgan fingerprint density at radius 2 is 1.96 bits per heavy atom. The quantitative estimate of drug-likeness (QED) is 0.847. The van der Waals surface area contributed by atoms with E-state index in [0.29, 0.717) is 13.2 Å². The Labute approximate surface area is 146 Å². The molecule has 0 bridgehead atoms. The largest absolute Gasteiger partial charge is 0.383 e. The van der Waals surface area contributed by atoms with Crippen LogP contribution in [0.3, 0.4) is 0 Å². The molecule has 0 fully saturated rings. The smallest absolute Gasteiger partial charge is 0.277 e. The molecule has 0 saturated carbocycles. The van der Waals surface area contributed by atoms with E-state index in [2.05, 4.69) is 10.3 Å². The molecule has 1 atom stereocenters. The van der Waals surface area contributed by atoms with Crippen LogP contribution in [0.1, 0.15) is 33.5 Å². The summed E-state index contributed by atoms with van der Waals surface area (Å²) in [5.41, 5.74) is 2.55. The van der Waals surface area contributed by atoms with Crippen molar-refractivity contribution in [3.05, 3.63) is 59.4 Å². The number of rotatable bonds is 5. The van der Waals surface area contributed by atoms with Crippen LogP contribution < -0.4 is 10.2 Å². The first kappa shape index (κ1) is 17.1. The standard InChI is InChI=1S/C19H21N3O3/c1-13-12-14-6-3-4-9-17(14)22(13)19(24)16-8-5-7-15(21-16)18(23)20-10-11-25-2/h3-9,13H,10-12H2,1-2H3,(H,20,23). The molecule has 1 aliphatic rings. The molecule has 6 heteroatoms. The van der Waals surface area contributed by atoms with Crippen molar-refractivity contribution in [1.29, 1.82) is 0 Å². The van der Waals surface area contributed by atoms with Gasteiger partial charge < -0.3 is 15.0 Å².